The number of nitrogens with zero attached hydrogens (tertiary/aromatic N) is 1. The molecule has 24 heavy (non-hydrogen) atoms. The summed E-state index contributed by atoms with van der Waals surface area (Å²) in [7, 11) is 3.38. The molecule has 2 aromatic rings. The molecule has 1 aromatic carbocycles. The molecule has 2 rings (SSSR count). The first-order valence-corrected chi connectivity index (χ1v) is 8.45. The number of ether oxygens (including phenoxy) is 1. The summed E-state index contributed by atoms with van der Waals surface area (Å²) in [6.07, 6.45) is 3.22. The van der Waals surface area contributed by atoms with Crippen LogP contribution in [0.1, 0.15) is 22.8 Å². The van der Waals surface area contributed by atoms with Gasteiger partial charge in [-0.3, -0.25) is 9.59 Å². The van der Waals surface area contributed by atoms with Gasteiger partial charge in [-0.1, -0.05) is 0 Å². The minimum atomic E-state index is -0.256. The van der Waals surface area contributed by atoms with E-state index in [1.165, 1.54) is 11.0 Å². The Morgan fingerprint density at radius 1 is 1.29 bits per heavy atom. The van der Waals surface area contributed by atoms with E-state index in [9.17, 15) is 9.59 Å². The lowest BCUT2D eigenvalue weighted by Gasteiger charge is -2.14. The zero-order valence-corrected chi connectivity index (χ0v) is 14.7. The quantitative estimate of drug-likeness (QED) is 0.816. The third kappa shape index (κ3) is 4.70. The Bertz CT molecular complexity index is 737. The fourth-order valence-corrected chi connectivity index (χ4v) is 2.64. The van der Waals surface area contributed by atoms with Crippen molar-refractivity contribution < 1.29 is 14.3 Å². The van der Waals surface area contributed by atoms with Gasteiger partial charge in [-0.25, -0.2) is 0 Å². The zero-order chi connectivity index (χ0) is 17.5. The van der Waals surface area contributed by atoms with E-state index in [0.717, 1.165) is 5.56 Å². The van der Waals surface area contributed by atoms with Crippen LogP contribution in [-0.2, 0) is 4.79 Å². The maximum Gasteiger partial charge on any atom is 0.253 e. The summed E-state index contributed by atoms with van der Waals surface area (Å²) < 4.78 is 5.55. The molecule has 0 unspecified atom stereocenters. The Kier molecular flexibility index (Phi) is 6.14. The Morgan fingerprint density at radius 3 is 2.71 bits per heavy atom. The number of nitrogens with one attached hydrogen (secondary N) is 1. The SMILES string of the molecule is CCOc1cc(C(=O)N(C)C)ccc1NC(=O)/C=C/c1ccsc1. The number of amides is 2. The minimum absolute atomic E-state index is 0.119. The van der Waals surface area contributed by atoms with Crippen LogP contribution >= 0.6 is 11.3 Å². The molecule has 0 aliphatic heterocycles. The fraction of sp³-hybridized carbons (Fsp3) is 0.222. The van der Waals surface area contributed by atoms with Crippen LogP contribution in [0.2, 0.25) is 0 Å². The molecule has 0 radical (unpaired) electrons. The number of hydrogen-bond acceptors (Lipinski definition) is 4. The molecule has 2 amide bonds. The van der Waals surface area contributed by atoms with E-state index in [0.29, 0.717) is 23.6 Å². The average molecular weight is 344 g/mol. The lowest BCUT2D eigenvalue weighted by atomic mass is 10.1. The molecule has 1 aromatic heterocycles. The number of thiophene rings is 1. The van der Waals surface area contributed by atoms with Crippen LogP contribution < -0.4 is 10.1 Å². The van der Waals surface area contributed by atoms with Crippen molar-refractivity contribution in [1.29, 1.82) is 0 Å². The third-order valence-electron chi connectivity index (χ3n) is 3.16. The number of benzene rings is 1. The second-order valence-electron chi connectivity index (χ2n) is 5.22. The number of hydrogen-bond donors (Lipinski definition) is 1. The molecule has 1 N–H and O–H groups in total. The summed E-state index contributed by atoms with van der Waals surface area (Å²) in [6.45, 7) is 2.29. The van der Waals surface area contributed by atoms with Crippen LogP contribution in [0.25, 0.3) is 6.08 Å². The van der Waals surface area contributed by atoms with Crippen LogP contribution in [-0.4, -0.2) is 37.4 Å². The maximum absolute atomic E-state index is 12.1. The smallest absolute Gasteiger partial charge is 0.253 e. The maximum atomic E-state index is 12.1. The Labute approximate surface area is 145 Å². The molecule has 0 atom stereocenters. The standard InChI is InChI=1S/C18H20N2O3S/c1-4-23-16-11-14(18(22)20(2)3)6-7-15(16)19-17(21)8-5-13-9-10-24-12-13/h5-12H,4H2,1-3H3,(H,19,21)/b8-5+. The minimum Gasteiger partial charge on any atom is -0.492 e. The average Bonchev–Trinajstić information content (AvgIpc) is 3.07. The van der Waals surface area contributed by atoms with E-state index in [1.54, 1.807) is 49.7 Å². The molecule has 0 spiro atoms. The molecule has 0 saturated heterocycles. The lowest BCUT2D eigenvalue weighted by molar-refractivity contribution is -0.111. The van der Waals surface area contributed by atoms with Crippen molar-refractivity contribution in [2.24, 2.45) is 0 Å². The largest absolute Gasteiger partial charge is 0.492 e. The van der Waals surface area contributed by atoms with E-state index in [2.05, 4.69) is 5.32 Å². The van der Waals surface area contributed by atoms with Crippen molar-refractivity contribution in [2.75, 3.05) is 26.0 Å². The Balaban J connectivity index is 2.16. The van der Waals surface area contributed by atoms with Crippen molar-refractivity contribution >= 4 is 34.9 Å². The first-order chi connectivity index (χ1) is 11.5. The van der Waals surface area contributed by atoms with Crippen molar-refractivity contribution in [3.05, 3.63) is 52.2 Å². The van der Waals surface area contributed by atoms with Gasteiger partial charge in [-0.2, -0.15) is 11.3 Å². The van der Waals surface area contributed by atoms with E-state index >= 15 is 0 Å². The van der Waals surface area contributed by atoms with Gasteiger partial charge in [-0.05, 0) is 53.6 Å². The molecule has 0 aliphatic rings. The van der Waals surface area contributed by atoms with E-state index in [-0.39, 0.29) is 11.8 Å². The molecule has 0 fully saturated rings. The normalized spacial score (nSPS) is 10.6. The highest BCUT2D eigenvalue weighted by atomic mass is 32.1. The van der Waals surface area contributed by atoms with E-state index < -0.39 is 0 Å². The van der Waals surface area contributed by atoms with Crippen LogP contribution in [0, 0.1) is 0 Å². The van der Waals surface area contributed by atoms with Crippen LogP contribution in [0.4, 0.5) is 5.69 Å². The molecule has 6 heteroatoms. The van der Waals surface area contributed by atoms with E-state index in [4.69, 9.17) is 4.74 Å². The van der Waals surface area contributed by atoms with Gasteiger partial charge in [0.15, 0.2) is 0 Å². The Hall–Kier alpha value is -2.60. The lowest BCUT2D eigenvalue weighted by Crippen LogP contribution is -2.21. The summed E-state index contributed by atoms with van der Waals surface area (Å²) in [6, 6.07) is 6.92. The van der Waals surface area contributed by atoms with Crippen molar-refractivity contribution in [2.45, 2.75) is 6.92 Å². The Morgan fingerprint density at radius 2 is 2.08 bits per heavy atom. The van der Waals surface area contributed by atoms with Gasteiger partial charge in [0, 0.05) is 25.7 Å². The highest BCUT2D eigenvalue weighted by Crippen LogP contribution is 2.26. The second-order valence-corrected chi connectivity index (χ2v) is 6.00. The summed E-state index contributed by atoms with van der Waals surface area (Å²) >= 11 is 1.57. The van der Waals surface area contributed by atoms with Gasteiger partial charge in [-0.15, -0.1) is 0 Å². The molecular weight excluding hydrogens is 324 g/mol. The van der Waals surface area contributed by atoms with Gasteiger partial charge in [0.1, 0.15) is 5.75 Å². The van der Waals surface area contributed by atoms with Gasteiger partial charge >= 0.3 is 0 Å². The number of anilines is 1. The molecule has 126 valence electrons. The van der Waals surface area contributed by atoms with Crippen molar-refractivity contribution in [3.8, 4) is 5.75 Å². The van der Waals surface area contributed by atoms with E-state index in [1.807, 2.05) is 23.8 Å². The number of carbonyl (C=O) groups excluding carboxylic acids is 2. The first-order valence-electron chi connectivity index (χ1n) is 7.51. The summed E-state index contributed by atoms with van der Waals surface area (Å²) in [5.41, 5.74) is 2.02. The van der Waals surface area contributed by atoms with Crippen LogP contribution in [0.15, 0.2) is 41.1 Å². The monoisotopic (exact) mass is 344 g/mol. The third-order valence-corrected chi connectivity index (χ3v) is 3.86. The molecule has 0 saturated carbocycles. The van der Waals surface area contributed by atoms with Crippen LogP contribution in [0.3, 0.4) is 0 Å². The highest BCUT2D eigenvalue weighted by Gasteiger charge is 2.13. The molecule has 1 heterocycles. The first kappa shape index (κ1) is 17.7. The highest BCUT2D eigenvalue weighted by molar-refractivity contribution is 7.08. The van der Waals surface area contributed by atoms with Crippen molar-refractivity contribution in [3.63, 3.8) is 0 Å². The fourth-order valence-electron chi connectivity index (χ4n) is 2.01. The summed E-state index contributed by atoms with van der Waals surface area (Å²) in [5, 5.41) is 6.69. The summed E-state index contributed by atoms with van der Waals surface area (Å²) in [4.78, 5) is 25.6. The van der Waals surface area contributed by atoms with Gasteiger partial charge < -0.3 is 15.0 Å². The molecule has 0 bridgehead atoms. The van der Waals surface area contributed by atoms with Crippen molar-refractivity contribution in [1.82, 2.24) is 4.90 Å². The second kappa shape index (κ2) is 8.31. The zero-order valence-electron chi connectivity index (χ0n) is 13.9. The molecule has 0 aliphatic carbocycles. The molecular formula is C18H20N2O3S. The van der Waals surface area contributed by atoms with Gasteiger partial charge in [0.2, 0.25) is 5.91 Å². The molecule has 5 nitrogen and oxygen atoms in total. The van der Waals surface area contributed by atoms with Gasteiger partial charge in [0.05, 0.1) is 12.3 Å². The summed E-state index contributed by atoms with van der Waals surface area (Å²) in [5.74, 6) is 0.0995. The predicted octanol–water partition coefficient (Wildman–Crippen LogP) is 3.50. The topological polar surface area (TPSA) is 58.6 Å². The number of rotatable bonds is 6. The number of carbonyl (C=O) groups is 2. The van der Waals surface area contributed by atoms with Gasteiger partial charge in [0.25, 0.3) is 5.91 Å². The van der Waals surface area contributed by atoms with Crippen LogP contribution in [0.5, 0.6) is 5.75 Å². The predicted molar refractivity (Wildman–Crippen MR) is 97.6 cm³/mol.